The lowest BCUT2D eigenvalue weighted by Crippen LogP contribution is -2.37. The van der Waals surface area contributed by atoms with Crippen LogP contribution in [0.1, 0.15) is 6.42 Å². The molecule has 3 rings (SSSR count). The summed E-state index contributed by atoms with van der Waals surface area (Å²) in [5, 5.41) is 6.45. The fourth-order valence-corrected chi connectivity index (χ4v) is 3.15. The molecule has 0 atom stereocenters. The van der Waals surface area contributed by atoms with Crippen molar-refractivity contribution in [2.45, 2.75) is 6.42 Å². The molecule has 0 amide bonds. The van der Waals surface area contributed by atoms with Crippen LogP contribution in [0.15, 0.2) is 11.4 Å². The number of nitrogens with zero attached hydrogens (tertiary/aromatic N) is 3. The molecular formula is C13H20N6OS. The normalized spacial score (nSPS) is 16.2. The molecule has 2 aromatic rings. The van der Waals surface area contributed by atoms with Gasteiger partial charge in [0, 0.05) is 19.6 Å². The fraction of sp³-hybridized carbons (Fsp3) is 0.538. The number of fused-ring (bicyclic) bond motifs is 1. The van der Waals surface area contributed by atoms with Crippen LogP contribution < -0.4 is 16.6 Å². The van der Waals surface area contributed by atoms with Gasteiger partial charge in [0.2, 0.25) is 5.95 Å². The minimum atomic E-state index is 0.445. The molecule has 2 aromatic heterocycles. The van der Waals surface area contributed by atoms with Crippen molar-refractivity contribution in [3.63, 3.8) is 0 Å². The Morgan fingerprint density at radius 1 is 1.33 bits per heavy atom. The number of hydrogen-bond acceptors (Lipinski definition) is 8. The molecule has 0 aliphatic carbocycles. The van der Waals surface area contributed by atoms with Gasteiger partial charge in [-0.05, 0) is 24.4 Å². The highest BCUT2D eigenvalue weighted by Gasteiger charge is 2.10. The van der Waals surface area contributed by atoms with E-state index >= 15 is 0 Å². The van der Waals surface area contributed by atoms with Crippen molar-refractivity contribution in [2.24, 2.45) is 5.84 Å². The summed E-state index contributed by atoms with van der Waals surface area (Å²) in [6.07, 6.45) is 1.07. The summed E-state index contributed by atoms with van der Waals surface area (Å²) in [7, 11) is 0. The van der Waals surface area contributed by atoms with Crippen LogP contribution in [-0.2, 0) is 4.74 Å². The van der Waals surface area contributed by atoms with Crippen molar-refractivity contribution < 1.29 is 4.74 Å². The molecule has 1 aliphatic rings. The van der Waals surface area contributed by atoms with Crippen LogP contribution in [0.4, 0.5) is 11.8 Å². The van der Waals surface area contributed by atoms with Crippen LogP contribution in [0, 0.1) is 0 Å². The van der Waals surface area contributed by atoms with E-state index in [2.05, 4.69) is 25.6 Å². The van der Waals surface area contributed by atoms with Crippen LogP contribution in [0.3, 0.4) is 0 Å². The molecule has 3 heterocycles. The SMILES string of the molecule is NNc1nc(NCCCN2CCOCC2)c2ccsc2n1. The number of thiophene rings is 1. The van der Waals surface area contributed by atoms with E-state index in [1.54, 1.807) is 11.3 Å². The summed E-state index contributed by atoms with van der Waals surface area (Å²) < 4.78 is 5.35. The topological polar surface area (TPSA) is 88.3 Å². The summed E-state index contributed by atoms with van der Waals surface area (Å²) in [5.41, 5.74) is 2.51. The van der Waals surface area contributed by atoms with Gasteiger partial charge in [-0.3, -0.25) is 10.3 Å². The van der Waals surface area contributed by atoms with E-state index in [0.717, 1.165) is 61.8 Å². The van der Waals surface area contributed by atoms with Gasteiger partial charge in [0.25, 0.3) is 0 Å². The molecule has 7 nitrogen and oxygen atoms in total. The third-order valence-corrected chi connectivity index (χ3v) is 4.31. The monoisotopic (exact) mass is 308 g/mol. The molecule has 1 fully saturated rings. The van der Waals surface area contributed by atoms with E-state index in [0.29, 0.717) is 5.95 Å². The average molecular weight is 308 g/mol. The Morgan fingerprint density at radius 2 is 2.19 bits per heavy atom. The molecule has 1 aliphatic heterocycles. The summed E-state index contributed by atoms with van der Waals surface area (Å²) in [6.45, 7) is 5.72. The second kappa shape index (κ2) is 6.99. The van der Waals surface area contributed by atoms with Crippen LogP contribution in [0.5, 0.6) is 0 Å². The maximum Gasteiger partial charge on any atom is 0.240 e. The van der Waals surface area contributed by atoms with Crippen molar-refractivity contribution in [1.82, 2.24) is 14.9 Å². The van der Waals surface area contributed by atoms with Gasteiger partial charge in [0.1, 0.15) is 10.6 Å². The smallest absolute Gasteiger partial charge is 0.240 e. The lowest BCUT2D eigenvalue weighted by Gasteiger charge is -2.26. The number of ether oxygens (including phenoxy) is 1. The van der Waals surface area contributed by atoms with Crippen LogP contribution >= 0.6 is 11.3 Å². The highest BCUT2D eigenvalue weighted by atomic mass is 32.1. The zero-order chi connectivity index (χ0) is 14.5. The number of rotatable bonds is 6. The van der Waals surface area contributed by atoms with Gasteiger partial charge in [-0.2, -0.15) is 4.98 Å². The first kappa shape index (κ1) is 14.5. The van der Waals surface area contributed by atoms with E-state index in [4.69, 9.17) is 10.6 Å². The third kappa shape index (κ3) is 3.59. The van der Waals surface area contributed by atoms with Gasteiger partial charge < -0.3 is 10.1 Å². The van der Waals surface area contributed by atoms with Crippen LogP contribution in [0.25, 0.3) is 10.2 Å². The molecule has 0 saturated carbocycles. The van der Waals surface area contributed by atoms with Crippen molar-refractivity contribution in [3.8, 4) is 0 Å². The van der Waals surface area contributed by atoms with E-state index in [1.165, 1.54) is 0 Å². The van der Waals surface area contributed by atoms with Crippen LogP contribution in [-0.4, -0.2) is 54.3 Å². The Labute approximate surface area is 127 Å². The van der Waals surface area contributed by atoms with Crippen LogP contribution in [0.2, 0.25) is 0 Å². The first-order valence-corrected chi connectivity index (χ1v) is 8.00. The maximum absolute atomic E-state index is 5.41. The molecule has 21 heavy (non-hydrogen) atoms. The number of nitrogens with two attached hydrogens (primary N) is 1. The second-order valence-corrected chi connectivity index (χ2v) is 5.81. The summed E-state index contributed by atoms with van der Waals surface area (Å²) in [6, 6.07) is 2.03. The fourth-order valence-electron chi connectivity index (χ4n) is 2.39. The first-order valence-electron chi connectivity index (χ1n) is 7.12. The number of hydrazine groups is 1. The molecule has 0 bridgehead atoms. The molecule has 0 spiro atoms. The molecule has 8 heteroatoms. The molecular weight excluding hydrogens is 288 g/mol. The number of morpholine rings is 1. The largest absolute Gasteiger partial charge is 0.379 e. The Balaban J connectivity index is 1.55. The van der Waals surface area contributed by atoms with E-state index in [1.807, 2.05) is 11.4 Å². The predicted molar refractivity (Wildman–Crippen MR) is 85.6 cm³/mol. The Kier molecular flexibility index (Phi) is 4.81. The number of nitrogens with one attached hydrogen (secondary N) is 2. The van der Waals surface area contributed by atoms with Crippen molar-refractivity contribution in [2.75, 3.05) is 50.1 Å². The quantitative estimate of drug-likeness (QED) is 0.418. The highest BCUT2D eigenvalue weighted by molar-refractivity contribution is 7.16. The van der Waals surface area contributed by atoms with Gasteiger partial charge in [-0.15, -0.1) is 11.3 Å². The summed E-state index contributed by atoms with van der Waals surface area (Å²) in [5.74, 6) is 6.70. The van der Waals surface area contributed by atoms with E-state index < -0.39 is 0 Å². The average Bonchev–Trinajstić information content (AvgIpc) is 3.00. The van der Waals surface area contributed by atoms with Gasteiger partial charge in [-0.25, -0.2) is 10.8 Å². The van der Waals surface area contributed by atoms with Gasteiger partial charge in [0.05, 0.1) is 18.6 Å². The van der Waals surface area contributed by atoms with E-state index in [9.17, 15) is 0 Å². The standard InChI is InChI=1S/C13H20N6OS/c14-18-13-16-11(10-2-9-21-12(10)17-13)15-3-1-4-19-5-7-20-8-6-19/h2,9H,1,3-8,14H2,(H2,15,16,17,18). The van der Waals surface area contributed by atoms with Gasteiger partial charge in [0.15, 0.2) is 0 Å². The van der Waals surface area contributed by atoms with Crippen molar-refractivity contribution >= 4 is 33.3 Å². The molecule has 0 aromatic carbocycles. The summed E-state index contributed by atoms with van der Waals surface area (Å²) >= 11 is 1.58. The Bertz CT molecular complexity index is 583. The molecule has 114 valence electrons. The maximum atomic E-state index is 5.41. The predicted octanol–water partition coefficient (Wildman–Crippen LogP) is 1.11. The zero-order valence-corrected chi connectivity index (χ0v) is 12.7. The molecule has 0 unspecified atom stereocenters. The van der Waals surface area contributed by atoms with Crippen molar-refractivity contribution in [1.29, 1.82) is 0 Å². The third-order valence-electron chi connectivity index (χ3n) is 3.50. The zero-order valence-electron chi connectivity index (χ0n) is 11.8. The number of aromatic nitrogens is 2. The number of nitrogen functional groups attached to an aromatic ring is 1. The first-order chi connectivity index (χ1) is 10.4. The van der Waals surface area contributed by atoms with Gasteiger partial charge in [-0.1, -0.05) is 0 Å². The van der Waals surface area contributed by atoms with Crippen molar-refractivity contribution in [3.05, 3.63) is 11.4 Å². The number of hydrogen-bond donors (Lipinski definition) is 3. The minimum Gasteiger partial charge on any atom is -0.379 e. The van der Waals surface area contributed by atoms with Gasteiger partial charge >= 0.3 is 0 Å². The minimum absolute atomic E-state index is 0.445. The van der Waals surface area contributed by atoms with E-state index in [-0.39, 0.29) is 0 Å². The lowest BCUT2D eigenvalue weighted by atomic mass is 10.3. The highest BCUT2D eigenvalue weighted by Crippen LogP contribution is 2.26. The second-order valence-electron chi connectivity index (χ2n) is 4.91. The number of anilines is 2. The molecule has 1 saturated heterocycles. The summed E-state index contributed by atoms with van der Waals surface area (Å²) in [4.78, 5) is 12.1. The Hall–Kier alpha value is -1.48. The lowest BCUT2D eigenvalue weighted by molar-refractivity contribution is 0.0378. The molecule has 0 radical (unpaired) electrons. The molecule has 4 N–H and O–H groups in total. The Morgan fingerprint density at radius 3 is 3.00 bits per heavy atom.